The predicted octanol–water partition coefficient (Wildman–Crippen LogP) is 4.16. The summed E-state index contributed by atoms with van der Waals surface area (Å²) in [7, 11) is 1.53. The third kappa shape index (κ3) is 7.41. The second kappa shape index (κ2) is 12.3. The van der Waals surface area contributed by atoms with Crippen molar-refractivity contribution in [2.75, 3.05) is 19.0 Å². The van der Waals surface area contributed by atoms with Gasteiger partial charge in [-0.2, -0.15) is 5.10 Å². The van der Waals surface area contributed by atoms with Crippen molar-refractivity contribution in [2.45, 2.75) is 6.92 Å². The minimum absolute atomic E-state index is 0.214. The van der Waals surface area contributed by atoms with E-state index in [0.29, 0.717) is 39.4 Å². The van der Waals surface area contributed by atoms with Gasteiger partial charge < -0.3 is 19.5 Å². The number of benzene rings is 3. The van der Waals surface area contributed by atoms with Gasteiger partial charge in [0.05, 0.1) is 25.5 Å². The van der Waals surface area contributed by atoms with Crippen LogP contribution in [0, 0.1) is 0 Å². The highest BCUT2D eigenvalue weighted by molar-refractivity contribution is 9.10. The fraction of sp³-hybridized carbons (Fsp3) is 0.120. The van der Waals surface area contributed by atoms with Crippen LogP contribution in [0.3, 0.4) is 0 Å². The van der Waals surface area contributed by atoms with Gasteiger partial charge in [-0.05, 0) is 73.7 Å². The summed E-state index contributed by atoms with van der Waals surface area (Å²) in [6.45, 7) is 2.38. The number of methoxy groups -OCH3 is 1. The molecule has 10 heteroatoms. The molecule has 2 amide bonds. The SMILES string of the molecule is CCOc1ccc(NC(=O)C(=O)N/N=C/c2cc(Br)ccc2OC(=O)c2ccc(OC)cc2)cc1. The first-order chi connectivity index (χ1) is 16.9. The first-order valence-corrected chi connectivity index (χ1v) is 11.2. The molecule has 0 bridgehead atoms. The maximum Gasteiger partial charge on any atom is 0.343 e. The van der Waals surface area contributed by atoms with Crippen LogP contribution in [0.5, 0.6) is 17.2 Å². The number of hydrogen-bond acceptors (Lipinski definition) is 7. The average Bonchev–Trinajstić information content (AvgIpc) is 2.86. The molecule has 9 nitrogen and oxygen atoms in total. The van der Waals surface area contributed by atoms with Crippen LogP contribution in [0.15, 0.2) is 76.3 Å². The summed E-state index contributed by atoms with van der Waals surface area (Å²) < 4.78 is 16.6. The molecule has 0 aliphatic carbocycles. The van der Waals surface area contributed by atoms with Crippen LogP contribution in [0.1, 0.15) is 22.8 Å². The van der Waals surface area contributed by atoms with Gasteiger partial charge in [-0.3, -0.25) is 9.59 Å². The van der Waals surface area contributed by atoms with Crippen molar-refractivity contribution in [1.82, 2.24) is 5.43 Å². The van der Waals surface area contributed by atoms with Crippen molar-refractivity contribution in [3.05, 3.63) is 82.3 Å². The highest BCUT2D eigenvalue weighted by atomic mass is 79.9. The molecule has 0 aliphatic rings. The number of carbonyl (C=O) groups excluding carboxylic acids is 3. The van der Waals surface area contributed by atoms with Crippen molar-refractivity contribution >= 4 is 45.6 Å². The van der Waals surface area contributed by atoms with Crippen LogP contribution in [0.25, 0.3) is 0 Å². The van der Waals surface area contributed by atoms with E-state index in [1.165, 1.54) is 13.3 Å². The molecule has 0 aromatic heterocycles. The van der Waals surface area contributed by atoms with E-state index in [0.717, 1.165) is 0 Å². The van der Waals surface area contributed by atoms with Crippen LogP contribution in [0.2, 0.25) is 0 Å². The predicted molar refractivity (Wildman–Crippen MR) is 134 cm³/mol. The van der Waals surface area contributed by atoms with Crippen LogP contribution in [-0.2, 0) is 9.59 Å². The molecule has 0 saturated carbocycles. The van der Waals surface area contributed by atoms with Gasteiger partial charge in [0.2, 0.25) is 0 Å². The summed E-state index contributed by atoms with van der Waals surface area (Å²) >= 11 is 3.34. The number of anilines is 1. The largest absolute Gasteiger partial charge is 0.497 e. The maximum atomic E-state index is 12.5. The molecule has 0 aliphatic heterocycles. The van der Waals surface area contributed by atoms with Gasteiger partial charge in [0.1, 0.15) is 17.2 Å². The average molecular weight is 540 g/mol. The van der Waals surface area contributed by atoms with Crippen LogP contribution in [-0.4, -0.2) is 37.7 Å². The minimum atomic E-state index is -0.970. The summed E-state index contributed by atoms with van der Waals surface area (Å²) in [6.07, 6.45) is 1.27. The number of rotatable bonds is 8. The van der Waals surface area contributed by atoms with Gasteiger partial charge in [-0.25, -0.2) is 10.2 Å². The molecule has 0 atom stereocenters. The monoisotopic (exact) mass is 539 g/mol. The van der Waals surface area contributed by atoms with Crippen LogP contribution >= 0.6 is 15.9 Å². The second-order valence-corrected chi connectivity index (χ2v) is 7.83. The Balaban J connectivity index is 1.62. The number of carbonyl (C=O) groups is 3. The smallest absolute Gasteiger partial charge is 0.343 e. The molecule has 0 unspecified atom stereocenters. The summed E-state index contributed by atoms with van der Waals surface area (Å²) in [6, 6.07) is 18.0. The summed E-state index contributed by atoms with van der Waals surface area (Å²) in [5, 5.41) is 6.28. The molecule has 35 heavy (non-hydrogen) atoms. The molecule has 2 N–H and O–H groups in total. The van der Waals surface area contributed by atoms with Crippen LogP contribution in [0.4, 0.5) is 5.69 Å². The van der Waals surface area contributed by atoms with Crippen molar-refractivity contribution in [3.8, 4) is 17.2 Å². The lowest BCUT2D eigenvalue weighted by molar-refractivity contribution is -0.136. The lowest BCUT2D eigenvalue weighted by Gasteiger charge is -2.09. The van der Waals surface area contributed by atoms with Crippen molar-refractivity contribution in [2.24, 2.45) is 5.10 Å². The van der Waals surface area contributed by atoms with Gasteiger partial charge in [0, 0.05) is 15.7 Å². The number of nitrogens with one attached hydrogen (secondary N) is 2. The quantitative estimate of drug-likeness (QED) is 0.146. The highest BCUT2D eigenvalue weighted by Gasteiger charge is 2.14. The topological polar surface area (TPSA) is 115 Å². The van der Waals surface area contributed by atoms with Crippen LogP contribution < -0.4 is 25.0 Å². The molecule has 0 radical (unpaired) electrons. The zero-order chi connectivity index (χ0) is 25.2. The molecule has 0 heterocycles. The van der Waals surface area contributed by atoms with Crippen molar-refractivity contribution in [1.29, 1.82) is 0 Å². The third-order valence-corrected chi connectivity index (χ3v) is 4.99. The lowest BCUT2D eigenvalue weighted by Crippen LogP contribution is -2.32. The Morgan fingerprint density at radius 1 is 0.943 bits per heavy atom. The standard InChI is InChI=1S/C25H22BrN3O6/c1-3-34-21-11-7-19(8-12-21)28-23(30)24(31)29-27-15-17-14-18(26)6-13-22(17)35-25(32)16-4-9-20(33-2)10-5-16/h4-15H,3H2,1-2H3,(H,28,30)(H,29,31)/b27-15+. The van der Waals surface area contributed by atoms with E-state index in [4.69, 9.17) is 14.2 Å². The molecule has 0 saturated heterocycles. The van der Waals surface area contributed by atoms with E-state index in [1.807, 2.05) is 6.92 Å². The summed E-state index contributed by atoms with van der Waals surface area (Å²) in [5.74, 6) is -0.972. The molecule has 180 valence electrons. The zero-order valence-corrected chi connectivity index (χ0v) is 20.5. The van der Waals surface area contributed by atoms with Gasteiger partial charge >= 0.3 is 17.8 Å². The third-order valence-electron chi connectivity index (χ3n) is 4.50. The van der Waals surface area contributed by atoms with E-state index in [1.54, 1.807) is 66.7 Å². The number of ether oxygens (including phenoxy) is 3. The number of hydrogen-bond donors (Lipinski definition) is 2. The number of hydrazone groups is 1. The van der Waals surface area contributed by atoms with Crippen molar-refractivity contribution in [3.63, 3.8) is 0 Å². The van der Waals surface area contributed by atoms with E-state index in [2.05, 4.69) is 31.8 Å². The van der Waals surface area contributed by atoms with E-state index in [9.17, 15) is 14.4 Å². The normalized spacial score (nSPS) is 10.5. The minimum Gasteiger partial charge on any atom is -0.497 e. The van der Waals surface area contributed by atoms with Gasteiger partial charge in [-0.1, -0.05) is 15.9 Å². The van der Waals surface area contributed by atoms with Crippen molar-refractivity contribution < 1.29 is 28.6 Å². The molecular weight excluding hydrogens is 518 g/mol. The Kier molecular flexibility index (Phi) is 8.96. The first kappa shape index (κ1) is 25.4. The fourth-order valence-electron chi connectivity index (χ4n) is 2.80. The number of nitrogens with zero attached hydrogens (tertiary/aromatic N) is 1. The number of esters is 1. The number of halogens is 1. The van der Waals surface area contributed by atoms with E-state index < -0.39 is 17.8 Å². The van der Waals surface area contributed by atoms with Gasteiger partial charge in [0.25, 0.3) is 0 Å². The lowest BCUT2D eigenvalue weighted by atomic mass is 10.2. The Hall–Kier alpha value is -4.18. The second-order valence-electron chi connectivity index (χ2n) is 6.91. The Labute approximate surface area is 210 Å². The van der Waals surface area contributed by atoms with Gasteiger partial charge in [-0.15, -0.1) is 0 Å². The molecule has 0 fully saturated rings. The Morgan fingerprint density at radius 3 is 2.29 bits per heavy atom. The molecule has 3 aromatic carbocycles. The van der Waals surface area contributed by atoms with E-state index >= 15 is 0 Å². The molecule has 0 spiro atoms. The zero-order valence-electron chi connectivity index (χ0n) is 18.9. The van der Waals surface area contributed by atoms with Gasteiger partial charge in [0.15, 0.2) is 0 Å². The Morgan fingerprint density at radius 2 is 1.63 bits per heavy atom. The molecule has 3 aromatic rings. The van der Waals surface area contributed by atoms with E-state index in [-0.39, 0.29) is 5.75 Å². The summed E-state index contributed by atoms with van der Waals surface area (Å²) in [4.78, 5) is 36.7. The summed E-state index contributed by atoms with van der Waals surface area (Å²) in [5.41, 5.74) is 3.31. The molecular formula is C25H22BrN3O6. The Bertz CT molecular complexity index is 1230. The fourth-order valence-corrected chi connectivity index (χ4v) is 3.18. The molecule has 3 rings (SSSR count). The number of amides is 2. The maximum absolute atomic E-state index is 12.5. The highest BCUT2D eigenvalue weighted by Crippen LogP contribution is 2.23. The first-order valence-electron chi connectivity index (χ1n) is 10.4.